The van der Waals surface area contributed by atoms with Crippen LogP contribution in [0.4, 0.5) is 11.4 Å². The van der Waals surface area contributed by atoms with Gasteiger partial charge < -0.3 is 26.4 Å². The van der Waals surface area contributed by atoms with Gasteiger partial charge in [0.1, 0.15) is 21.3 Å². The van der Waals surface area contributed by atoms with E-state index in [1.807, 2.05) is 0 Å². The summed E-state index contributed by atoms with van der Waals surface area (Å²) in [6.07, 6.45) is 0. The van der Waals surface area contributed by atoms with Crippen molar-refractivity contribution in [3.63, 3.8) is 0 Å². The molecule has 2 aromatic rings. The van der Waals surface area contributed by atoms with E-state index in [-0.39, 0.29) is 32.7 Å². The van der Waals surface area contributed by atoms with Gasteiger partial charge in [-0.25, -0.2) is 16.8 Å². The minimum absolute atomic E-state index is 0.150. The summed E-state index contributed by atoms with van der Waals surface area (Å²) >= 11 is 0. The van der Waals surface area contributed by atoms with Gasteiger partial charge in [0, 0.05) is 11.4 Å². The molecule has 6 N–H and O–H groups in total. The second kappa shape index (κ2) is 8.13. The Labute approximate surface area is 157 Å². The number of nitrogens with two attached hydrogens (primary N) is 2. The number of hydrogen-bond acceptors (Lipinski definition) is 9. The Morgan fingerprint density at radius 2 is 1.11 bits per heavy atom. The van der Waals surface area contributed by atoms with E-state index in [1.54, 1.807) is 0 Å². The lowest BCUT2D eigenvalue weighted by Gasteiger charge is -2.15. The van der Waals surface area contributed by atoms with Crippen molar-refractivity contribution in [3.05, 3.63) is 36.4 Å². The predicted octanol–water partition coefficient (Wildman–Crippen LogP) is 0.175. The SMILES string of the molecule is Nc1ccc(Oc2ccc(N)cc2S(=O)(=O)CCO)c(S(=O)(=O)CCO)c1. The average molecular weight is 416 g/mol. The van der Waals surface area contributed by atoms with E-state index in [0.717, 1.165) is 0 Å². The van der Waals surface area contributed by atoms with E-state index in [1.165, 1.54) is 36.4 Å². The standard InChI is InChI=1S/C16H20N2O7S2/c17-11-1-3-13(15(9-11)26(21,22)7-5-19)25-14-4-2-12(18)10-16(14)27(23,24)8-6-20/h1-4,9-10,19-20H,5-8,17-18H2. The zero-order valence-corrected chi connectivity index (χ0v) is 15.8. The zero-order valence-electron chi connectivity index (χ0n) is 14.2. The number of ether oxygens (including phenoxy) is 1. The highest BCUT2D eigenvalue weighted by atomic mass is 32.2. The lowest BCUT2D eigenvalue weighted by Crippen LogP contribution is -2.13. The first kappa shape index (κ1) is 21.0. The summed E-state index contributed by atoms with van der Waals surface area (Å²) in [4.78, 5) is -0.558. The van der Waals surface area contributed by atoms with Crippen LogP contribution in [0.3, 0.4) is 0 Å². The van der Waals surface area contributed by atoms with Crippen LogP contribution < -0.4 is 16.2 Å². The smallest absolute Gasteiger partial charge is 0.184 e. The Kier molecular flexibility index (Phi) is 6.31. The molecule has 11 heteroatoms. The molecule has 0 fully saturated rings. The number of rotatable bonds is 8. The molecule has 0 radical (unpaired) electrons. The summed E-state index contributed by atoms with van der Waals surface area (Å²) in [7, 11) is -7.84. The molecular formula is C16H20N2O7S2. The zero-order chi connectivity index (χ0) is 20.2. The van der Waals surface area contributed by atoms with Crippen molar-refractivity contribution >= 4 is 31.0 Å². The van der Waals surface area contributed by atoms with E-state index < -0.39 is 44.4 Å². The van der Waals surface area contributed by atoms with E-state index in [2.05, 4.69) is 0 Å². The topological polar surface area (TPSA) is 170 Å². The van der Waals surface area contributed by atoms with Crippen LogP contribution in [0.5, 0.6) is 11.5 Å². The van der Waals surface area contributed by atoms with Crippen molar-refractivity contribution in [2.24, 2.45) is 0 Å². The van der Waals surface area contributed by atoms with Crippen LogP contribution in [0.2, 0.25) is 0 Å². The largest absolute Gasteiger partial charge is 0.455 e. The minimum Gasteiger partial charge on any atom is -0.455 e. The molecule has 0 saturated heterocycles. The molecule has 0 aliphatic carbocycles. The number of nitrogen functional groups attached to an aromatic ring is 2. The molecule has 0 unspecified atom stereocenters. The maximum Gasteiger partial charge on any atom is 0.184 e. The molecule has 0 amide bonds. The third-order valence-corrected chi connectivity index (χ3v) is 6.96. The van der Waals surface area contributed by atoms with Crippen LogP contribution in [-0.2, 0) is 19.7 Å². The highest BCUT2D eigenvalue weighted by Crippen LogP contribution is 2.35. The van der Waals surface area contributed by atoms with Crippen molar-refractivity contribution in [1.82, 2.24) is 0 Å². The number of anilines is 2. The summed E-state index contributed by atoms with van der Waals surface area (Å²) < 4.78 is 55.1. The van der Waals surface area contributed by atoms with Gasteiger partial charge in [-0.3, -0.25) is 0 Å². The number of benzene rings is 2. The van der Waals surface area contributed by atoms with Gasteiger partial charge in [0.25, 0.3) is 0 Å². The first-order chi connectivity index (χ1) is 12.6. The van der Waals surface area contributed by atoms with Crippen LogP contribution >= 0.6 is 0 Å². The highest BCUT2D eigenvalue weighted by Gasteiger charge is 2.24. The van der Waals surface area contributed by atoms with Gasteiger partial charge in [-0.15, -0.1) is 0 Å². The quantitative estimate of drug-likeness (QED) is 0.438. The lowest BCUT2D eigenvalue weighted by molar-refractivity contribution is 0.319. The summed E-state index contributed by atoms with van der Waals surface area (Å²) in [6, 6.07) is 7.70. The number of aliphatic hydroxyl groups is 2. The molecule has 0 aromatic heterocycles. The Morgan fingerprint density at radius 1 is 0.741 bits per heavy atom. The molecule has 9 nitrogen and oxygen atoms in total. The van der Waals surface area contributed by atoms with Gasteiger partial charge in [0.05, 0.1) is 24.7 Å². The van der Waals surface area contributed by atoms with E-state index in [4.69, 9.17) is 26.4 Å². The van der Waals surface area contributed by atoms with Gasteiger partial charge in [0.15, 0.2) is 19.7 Å². The summed E-state index contributed by atoms with van der Waals surface area (Å²) in [5, 5.41) is 18.0. The highest BCUT2D eigenvalue weighted by molar-refractivity contribution is 7.91. The first-order valence-electron chi connectivity index (χ1n) is 7.75. The molecule has 0 saturated carbocycles. The van der Waals surface area contributed by atoms with Crippen molar-refractivity contribution in [2.45, 2.75) is 9.79 Å². The van der Waals surface area contributed by atoms with Crippen LogP contribution in [0, 0.1) is 0 Å². The molecule has 0 heterocycles. The van der Waals surface area contributed by atoms with E-state index >= 15 is 0 Å². The van der Waals surface area contributed by atoms with Crippen molar-refractivity contribution in [1.29, 1.82) is 0 Å². The predicted molar refractivity (Wildman–Crippen MR) is 100 cm³/mol. The van der Waals surface area contributed by atoms with Gasteiger partial charge in [-0.1, -0.05) is 0 Å². The van der Waals surface area contributed by atoms with Crippen molar-refractivity contribution in [3.8, 4) is 11.5 Å². The molecule has 0 bridgehead atoms. The summed E-state index contributed by atoms with van der Waals surface area (Å²) in [5.41, 5.74) is 11.6. The third-order valence-electron chi connectivity index (χ3n) is 3.55. The Bertz CT molecular complexity index is 951. The third kappa shape index (κ3) is 4.89. The second-order valence-corrected chi connectivity index (χ2v) is 9.75. The number of aliphatic hydroxyl groups excluding tert-OH is 2. The van der Waals surface area contributed by atoms with Crippen molar-refractivity contribution in [2.75, 3.05) is 36.2 Å². The fraction of sp³-hybridized carbons (Fsp3) is 0.250. The Hall–Kier alpha value is -2.34. The fourth-order valence-corrected chi connectivity index (χ4v) is 4.67. The van der Waals surface area contributed by atoms with Crippen molar-refractivity contribution < 1.29 is 31.8 Å². The van der Waals surface area contributed by atoms with Gasteiger partial charge in [0.2, 0.25) is 0 Å². The molecule has 148 valence electrons. The van der Waals surface area contributed by atoms with Gasteiger partial charge >= 0.3 is 0 Å². The van der Waals surface area contributed by atoms with Gasteiger partial charge in [-0.2, -0.15) is 0 Å². The monoisotopic (exact) mass is 416 g/mol. The molecule has 0 spiro atoms. The summed E-state index contributed by atoms with van der Waals surface area (Å²) in [6.45, 7) is -1.21. The normalized spacial score (nSPS) is 12.1. The van der Waals surface area contributed by atoms with Crippen LogP contribution in [0.15, 0.2) is 46.2 Å². The van der Waals surface area contributed by atoms with Gasteiger partial charge in [-0.05, 0) is 36.4 Å². The average Bonchev–Trinajstić information content (AvgIpc) is 2.57. The second-order valence-electron chi connectivity index (χ2n) is 5.60. The first-order valence-corrected chi connectivity index (χ1v) is 11.1. The maximum absolute atomic E-state index is 12.4. The lowest BCUT2D eigenvalue weighted by atomic mass is 10.3. The molecule has 0 atom stereocenters. The molecule has 27 heavy (non-hydrogen) atoms. The van der Waals surface area contributed by atoms with Crippen LogP contribution in [-0.4, -0.2) is 51.8 Å². The molecule has 2 rings (SSSR count). The minimum atomic E-state index is -3.92. The van der Waals surface area contributed by atoms with Crippen LogP contribution in [0.25, 0.3) is 0 Å². The molecule has 0 aliphatic heterocycles. The molecule has 0 aliphatic rings. The Morgan fingerprint density at radius 3 is 1.44 bits per heavy atom. The fourth-order valence-electron chi connectivity index (χ4n) is 2.28. The number of sulfone groups is 2. The summed E-state index contributed by atoms with van der Waals surface area (Å²) in [5.74, 6) is -1.40. The van der Waals surface area contributed by atoms with E-state index in [9.17, 15) is 16.8 Å². The molecular weight excluding hydrogens is 396 g/mol. The maximum atomic E-state index is 12.4. The Balaban J connectivity index is 2.59. The number of hydrogen-bond donors (Lipinski definition) is 4. The van der Waals surface area contributed by atoms with Crippen LogP contribution in [0.1, 0.15) is 0 Å². The van der Waals surface area contributed by atoms with E-state index in [0.29, 0.717) is 0 Å². The molecule has 2 aromatic carbocycles.